The number of aromatic nitrogens is 4. The van der Waals surface area contributed by atoms with E-state index in [0.717, 1.165) is 44.4 Å². The normalized spacial score (nSPS) is 11.6. The van der Waals surface area contributed by atoms with Crippen molar-refractivity contribution in [2.45, 2.75) is 13.8 Å². The molecule has 4 nitrogen and oxygen atoms in total. The summed E-state index contributed by atoms with van der Waals surface area (Å²) in [6, 6.07) is 16.5. The zero-order chi connectivity index (χ0) is 17.0. The van der Waals surface area contributed by atoms with Crippen LogP contribution >= 0.6 is 0 Å². The van der Waals surface area contributed by atoms with Crippen LogP contribution in [-0.4, -0.2) is 19.5 Å². The monoisotopic (exact) mass is 324 g/mol. The number of hydrogen-bond donors (Lipinski definition) is 0. The summed E-state index contributed by atoms with van der Waals surface area (Å²) in [5.41, 5.74) is 5.19. The van der Waals surface area contributed by atoms with Crippen molar-refractivity contribution in [2.75, 3.05) is 0 Å². The Morgan fingerprint density at radius 1 is 0.760 bits per heavy atom. The van der Waals surface area contributed by atoms with Crippen molar-refractivity contribution < 1.29 is 0 Å². The first-order chi connectivity index (χ1) is 12.2. The molecule has 0 spiro atoms. The highest BCUT2D eigenvalue weighted by molar-refractivity contribution is 6.02. The van der Waals surface area contributed by atoms with E-state index in [1.165, 1.54) is 5.56 Å². The average molecular weight is 324 g/mol. The van der Waals surface area contributed by atoms with Gasteiger partial charge < -0.3 is 0 Å². The lowest BCUT2D eigenvalue weighted by Crippen LogP contribution is -2.01. The van der Waals surface area contributed by atoms with Crippen LogP contribution in [0.25, 0.3) is 38.7 Å². The van der Waals surface area contributed by atoms with Gasteiger partial charge in [0.25, 0.3) is 0 Å². The first kappa shape index (κ1) is 14.1. The molecule has 4 aromatic heterocycles. The number of benzene rings is 1. The Balaban J connectivity index is 1.88. The van der Waals surface area contributed by atoms with E-state index in [9.17, 15) is 0 Å². The Hall–Kier alpha value is -3.27. The smallest absolute Gasteiger partial charge is 0.146 e. The SMILES string of the molecule is Cc1c(C)n(-c2ccc3ccc4cccnc4c3n2)c2ncccc12. The van der Waals surface area contributed by atoms with E-state index in [1.54, 1.807) is 0 Å². The Bertz CT molecular complexity index is 1270. The molecule has 0 bridgehead atoms. The number of pyridine rings is 3. The van der Waals surface area contributed by atoms with E-state index in [4.69, 9.17) is 4.98 Å². The van der Waals surface area contributed by atoms with Crippen LogP contribution in [-0.2, 0) is 0 Å². The van der Waals surface area contributed by atoms with E-state index in [1.807, 2.05) is 24.5 Å². The number of rotatable bonds is 1. The van der Waals surface area contributed by atoms with Crippen LogP contribution in [0.4, 0.5) is 0 Å². The Labute approximate surface area is 144 Å². The molecule has 0 unspecified atom stereocenters. The Kier molecular flexibility index (Phi) is 2.88. The van der Waals surface area contributed by atoms with Crippen LogP contribution < -0.4 is 0 Å². The molecule has 4 heterocycles. The van der Waals surface area contributed by atoms with Gasteiger partial charge in [0.1, 0.15) is 11.5 Å². The maximum atomic E-state index is 4.96. The van der Waals surface area contributed by atoms with Gasteiger partial charge in [0.05, 0.1) is 11.0 Å². The first-order valence-electron chi connectivity index (χ1n) is 8.31. The Morgan fingerprint density at radius 2 is 1.48 bits per heavy atom. The van der Waals surface area contributed by atoms with Gasteiger partial charge in [-0.3, -0.25) is 9.55 Å². The van der Waals surface area contributed by atoms with Crippen molar-refractivity contribution in [3.63, 3.8) is 0 Å². The maximum Gasteiger partial charge on any atom is 0.146 e. The predicted octanol–water partition coefficient (Wildman–Crippen LogP) is 4.74. The van der Waals surface area contributed by atoms with E-state index in [2.05, 4.69) is 64.8 Å². The van der Waals surface area contributed by atoms with E-state index < -0.39 is 0 Å². The van der Waals surface area contributed by atoms with Crippen molar-refractivity contribution in [2.24, 2.45) is 0 Å². The molecular formula is C21H16N4. The fourth-order valence-electron chi connectivity index (χ4n) is 3.51. The molecular weight excluding hydrogens is 308 g/mol. The minimum absolute atomic E-state index is 0.875. The van der Waals surface area contributed by atoms with Gasteiger partial charge in [0.2, 0.25) is 0 Å². The lowest BCUT2D eigenvalue weighted by molar-refractivity contribution is 0.979. The molecule has 120 valence electrons. The fraction of sp³-hybridized carbons (Fsp3) is 0.0952. The molecule has 0 radical (unpaired) electrons. The number of aryl methyl sites for hydroxylation is 1. The van der Waals surface area contributed by atoms with Gasteiger partial charge in [0, 0.05) is 34.2 Å². The van der Waals surface area contributed by atoms with Crippen molar-refractivity contribution in [1.29, 1.82) is 0 Å². The van der Waals surface area contributed by atoms with Crippen molar-refractivity contribution in [3.05, 3.63) is 72.2 Å². The molecule has 0 aliphatic carbocycles. The molecule has 0 amide bonds. The lowest BCUT2D eigenvalue weighted by Gasteiger charge is -2.09. The second-order valence-corrected chi connectivity index (χ2v) is 6.30. The van der Waals surface area contributed by atoms with E-state index in [-0.39, 0.29) is 0 Å². The molecule has 1 aromatic carbocycles. The molecule has 0 saturated carbocycles. The van der Waals surface area contributed by atoms with Crippen LogP contribution in [0.15, 0.2) is 60.9 Å². The third-order valence-electron chi connectivity index (χ3n) is 4.93. The standard InChI is InChI=1S/C21H16N4/c1-13-14(2)25(21-17(13)6-4-12-23-21)18-10-9-16-8-7-15-5-3-11-22-19(15)20(16)24-18/h3-12H,1-2H3. The maximum absolute atomic E-state index is 4.96. The number of nitrogens with zero attached hydrogens (tertiary/aromatic N) is 4. The molecule has 0 atom stereocenters. The zero-order valence-corrected chi connectivity index (χ0v) is 14.1. The van der Waals surface area contributed by atoms with Gasteiger partial charge in [-0.05, 0) is 49.7 Å². The van der Waals surface area contributed by atoms with Crippen molar-refractivity contribution in [1.82, 2.24) is 19.5 Å². The highest BCUT2D eigenvalue weighted by Crippen LogP contribution is 2.28. The molecule has 0 fully saturated rings. The zero-order valence-electron chi connectivity index (χ0n) is 14.1. The summed E-state index contributed by atoms with van der Waals surface area (Å²) in [4.78, 5) is 14.1. The number of hydrogen-bond acceptors (Lipinski definition) is 3. The summed E-state index contributed by atoms with van der Waals surface area (Å²) < 4.78 is 2.13. The van der Waals surface area contributed by atoms with Crippen molar-refractivity contribution >= 4 is 32.8 Å². The summed E-state index contributed by atoms with van der Waals surface area (Å²) in [6.45, 7) is 4.25. The molecule has 25 heavy (non-hydrogen) atoms. The van der Waals surface area contributed by atoms with E-state index >= 15 is 0 Å². The minimum Gasteiger partial charge on any atom is -0.282 e. The molecule has 0 aliphatic heterocycles. The van der Waals surface area contributed by atoms with Gasteiger partial charge >= 0.3 is 0 Å². The highest BCUT2D eigenvalue weighted by atomic mass is 15.1. The van der Waals surface area contributed by atoms with Gasteiger partial charge in [-0.2, -0.15) is 0 Å². The largest absolute Gasteiger partial charge is 0.282 e. The van der Waals surface area contributed by atoms with Crippen LogP contribution in [0, 0.1) is 13.8 Å². The minimum atomic E-state index is 0.875. The van der Waals surface area contributed by atoms with Gasteiger partial charge in [-0.1, -0.05) is 18.2 Å². The van der Waals surface area contributed by atoms with Crippen molar-refractivity contribution in [3.8, 4) is 5.82 Å². The van der Waals surface area contributed by atoms with Crippen LogP contribution in [0.2, 0.25) is 0 Å². The topological polar surface area (TPSA) is 43.6 Å². The highest BCUT2D eigenvalue weighted by Gasteiger charge is 2.14. The number of fused-ring (bicyclic) bond motifs is 4. The second kappa shape index (κ2) is 5.11. The summed E-state index contributed by atoms with van der Waals surface area (Å²) in [7, 11) is 0. The predicted molar refractivity (Wildman–Crippen MR) is 101 cm³/mol. The van der Waals surface area contributed by atoms with Gasteiger partial charge in [-0.25, -0.2) is 9.97 Å². The molecule has 0 aliphatic rings. The quantitative estimate of drug-likeness (QED) is 0.418. The summed E-state index contributed by atoms with van der Waals surface area (Å²) in [6.07, 6.45) is 3.65. The first-order valence-corrected chi connectivity index (χ1v) is 8.31. The second-order valence-electron chi connectivity index (χ2n) is 6.30. The third kappa shape index (κ3) is 1.97. The molecule has 4 heteroatoms. The summed E-state index contributed by atoms with van der Waals surface area (Å²) >= 11 is 0. The molecule has 0 saturated heterocycles. The lowest BCUT2D eigenvalue weighted by atomic mass is 10.1. The fourth-order valence-corrected chi connectivity index (χ4v) is 3.51. The molecule has 5 rings (SSSR count). The van der Waals surface area contributed by atoms with Crippen LogP contribution in [0.3, 0.4) is 0 Å². The molecule has 0 N–H and O–H groups in total. The van der Waals surface area contributed by atoms with Gasteiger partial charge in [-0.15, -0.1) is 0 Å². The van der Waals surface area contributed by atoms with E-state index in [0.29, 0.717) is 0 Å². The van der Waals surface area contributed by atoms with Gasteiger partial charge in [0.15, 0.2) is 0 Å². The molecule has 5 aromatic rings. The summed E-state index contributed by atoms with van der Waals surface area (Å²) in [5, 5.41) is 3.36. The van der Waals surface area contributed by atoms with Crippen LogP contribution in [0.5, 0.6) is 0 Å². The summed E-state index contributed by atoms with van der Waals surface area (Å²) in [5.74, 6) is 0.875. The third-order valence-corrected chi connectivity index (χ3v) is 4.93. The van der Waals surface area contributed by atoms with Crippen LogP contribution in [0.1, 0.15) is 11.3 Å². The average Bonchev–Trinajstić information content (AvgIpc) is 2.92. The Morgan fingerprint density at radius 3 is 2.36 bits per heavy atom.